The van der Waals surface area contributed by atoms with Gasteiger partial charge in [0, 0.05) is 0 Å². The van der Waals surface area contributed by atoms with E-state index in [1.807, 2.05) is 30.3 Å². The molecule has 7 heteroatoms. The van der Waals surface area contributed by atoms with E-state index >= 15 is 0 Å². The summed E-state index contributed by atoms with van der Waals surface area (Å²) in [5, 5.41) is 19.4. The minimum Gasteiger partial charge on any atom is -0.480 e. The molecule has 7 nitrogen and oxygen atoms in total. The lowest BCUT2D eigenvalue weighted by atomic mass is 10.1. The van der Waals surface area contributed by atoms with Gasteiger partial charge in [-0.3, -0.25) is 9.59 Å². The highest BCUT2D eigenvalue weighted by Crippen LogP contribution is 1.97. The standard InChI is InChI=1S/C10H13NO2.C5H12N2O2/c12-10(13)8-11-7-6-9-4-2-1-3-5-9;6-3-1-2-4(7)5(8)9/h1-5,11H,6-8H2,(H,12,13);4H,1-3,6-7H2,(H,8,9)/t;4-/m.0/s1. The van der Waals surface area contributed by atoms with Crippen LogP contribution in [0.2, 0.25) is 0 Å². The number of nitrogens with one attached hydrogen (secondary N) is 1. The molecular weight excluding hydrogens is 286 g/mol. The second-order valence-corrected chi connectivity index (χ2v) is 4.68. The van der Waals surface area contributed by atoms with Gasteiger partial charge in [-0.15, -0.1) is 0 Å². The molecule has 1 aromatic rings. The van der Waals surface area contributed by atoms with Gasteiger partial charge < -0.3 is 27.0 Å². The van der Waals surface area contributed by atoms with Crippen LogP contribution in [0.3, 0.4) is 0 Å². The third-order valence-electron chi connectivity index (χ3n) is 2.75. The summed E-state index contributed by atoms with van der Waals surface area (Å²) in [5.74, 6) is -1.77. The molecule has 0 saturated carbocycles. The molecular formula is C15H25N3O4. The molecule has 0 aliphatic rings. The van der Waals surface area contributed by atoms with E-state index in [4.69, 9.17) is 21.7 Å². The predicted octanol–water partition coefficient (Wildman–Crippen LogP) is 0.0405. The zero-order valence-corrected chi connectivity index (χ0v) is 12.6. The summed E-state index contributed by atoms with van der Waals surface area (Å²) in [6.45, 7) is 1.24. The van der Waals surface area contributed by atoms with E-state index in [9.17, 15) is 9.59 Å². The van der Waals surface area contributed by atoms with Crippen LogP contribution in [0.5, 0.6) is 0 Å². The molecule has 1 aromatic carbocycles. The fourth-order valence-corrected chi connectivity index (χ4v) is 1.53. The SMILES string of the molecule is NCCC[C@H](N)C(=O)O.O=C(O)CNCCc1ccccc1. The third kappa shape index (κ3) is 11.8. The largest absolute Gasteiger partial charge is 0.480 e. The van der Waals surface area contributed by atoms with Crippen LogP contribution in [-0.4, -0.2) is 47.8 Å². The van der Waals surface area contributed by atoms with E-state index in [2.05, 4.69) is 5.32 Å². The highest BCUT2D eigenvalue weighted by Gasteiger charge is 2.08. The van der Waals surface area contributed by atoms with Gasteiger partial charge in [-0.2, -0.15) is 0 Å². The lowest BCUT2D eigenvalue weighted by Crippen LogP contribution is -2.30. The molecule has 0 unspecified atom stereocenters. The maximum Gasteiger partial charge on any atom is 0.320 e. The summed E-state index contributed by atoms with van der Waals surface area (Å²) in [5.41, 5.74) is 11.5. The first-order valence-electron chi connectivity index (χ1n) is 7.12. The highest BCUT2D eigenvalue weighted by molar-refractivity contribution is 5.72. The van der Waals surface area contributed by atoms with Gasteiger partial charge in [0.05, 0.1) is 6.54 Å². The van der Waals surface area contributed by atoms with Gasteiger partial charge in [0.1, 0.15) is 6.04 Å². The van der Waals surface area contributed by atoms with Crippen molar-refractivity contribution in [1.29, 1.82) is 0 Å². The average molecular weight is 311 g/mol. The van der Waals surface area contributed by atoms with Crippen molar-refractivity contribution in [1.82, 2.24) is 5.32 Å². The Kier molecular flexibility index (Phi) is 11.6. The number of hydrogen-bond acceptors (Lipinski definition) is 5. The first-order chi connectivity index (χ1) is 10.5. The normalized spacial score (nSPS) is 11.2. The quantitative estimate of drug-likeness (QED) is 0.406. The molecule has 0 saturated heterocycles. The molecule has 0 bridgehead atoms. The van der Waals surface area contributed by atoms with Crippen molar-refractivity contribution in [2.24, 2.45) is 11.5 Å². The summed E-state index contributed by atoms with van der Waals surface area (Å²) in [6.07, 6.45) is 2.01. The molecule has 22 heavy (non-hydrogen) atoms. The molecule has 0 aliphatic carbocycles. The summed E-state index contributed by atoms with van der Waals surface area (Å²) in [7, 11) is 0. The van der Waals surface area contributed by atoms with Gasteiger partial charge in [0.2, 0.25) is 0 Å². The van der Waals surface area contributed by atoms with Crippen molar-refractivity contribution in [3.05, 3.63) is 35.9 Å². The zero-order chi connectivity index (χ0) is 16.8. The van der Waals surface area contributed by atoms with Crippen molar-refractivity contribution in [3.63, 3.8) is 0 Å². The van der Waals surface area contributed by atoms with E-state index in [1.54, 1.807) is 0 Å². The second kappa shape index (κ2) is 12.8. The molecule has 0 aliphatic heterocycles. The monoisotopic (exact) mass is 311 g/mol. The Bertz CT molecular complexity index is 426. The van der Waals surface area contributed by atoms with Crippen LogP contribution in [0.1, 0.15) is 18.4 Å². The maximum absolute atomic E-state index is 10.1. The first kappa shape index (κ1) is 20.0. The van der Waals surface area contributed by atoms with Crippen molar-refractivity contribution >= 4 is 11.9 Å². The maximum atomic E-state index is 10.1. The molecule has 0 radical (unpaired) electrons. The highest BCUT2D eigenvalue weighted by atomic mass is 16.4. The molecule has 1 rings (SSSR count). The Morgan fingerprint density at radius 1 is 1.18 bits per heavy atom. The molecule has 0 spiro atoms. The summed E-state index contributed by atoms with van der Waals surface area (Å²) in [6, 6.07) is 9.24. The van der Waals surface area contributed by atoms with Gasteiger partial charge >= 0.3 is 11.9 Å². The molecule has 0 aromatic heterocycles. The van der Waals surface area contributed by atoms with Crippen LogP contribution in [0.4, 0.5) is 0 Å². The summed E-state index contributed by atoms with van der Waals surface area (Å²) >= 11 is 0. The topological polar surface area (TPSA) is 139 Å². The minimum absolute atomic E-state index is 0.0346. The Morgan fingerprint density at radius 2 is 1.82 bits per heavy atom. The van der Waals surface area contributed by atoms with Gasteiger partial charge in [-0.05, 0) is 37.9 Å². The van der Waals surface area contributed by atoms with Crippen molar-refractivity contribution < 1.29 is 19.8 Å². The van der Waals surface area contributed by atoms with E-state index < -0.39 is 18.0 Å². The Hall–Kier alpha value is -1.96. The number of benzene rings is 1. The molecule has 1 atom stereocenters. The van der Waals surface area contributed by atoms with Crippen molar-refractivity contribution in [2.75, 3.05) is 19.6 Å². The predicted molar refractivity (Wildman–Crippen MR) is 84.6 cm³/mol. The average Bonchev–Trinajstić information content (AvgIpc) is 2.50. The Labute approximate surface area is 130 Å². The fraction of sp³-hybridized carbons (Fsp3) is 0.467. The Morgan fingerprint density at radius 3 is 2.32 bits per heavy atom. The van der Waals surface area contributed by atoms with Gasteiger partial charge in [0.25, 0.3) is 0 Å². The summed E-state index contributed by atoms with van der Waals surface area (Å²) in [4.78, 5) is 20.2. The molecule has 124 valence electrons. The molecule has 7 N–H and O–H groups in total. The van der Waals surface area contributed by atoms with Crippen LogP contribution in [0, 0.1) is 0 Å². The number of hydrogen-bond donors (Lipinski definition) is 5. The first-order valence-corrected chi connectivity index (χ1v) is 7.12. The number of aliphatic carboxylic acids is 2. The minimum atomic E-state index is -0.955. The van der Waals surface area contributed by atoms with Crippen LogP contribution < -0.4 is 16.8 Å². The van der Waals surface area contributed by atoms with Crippen LogP contribution in [0.25, 0.3) is 0 Å². The number of carboxylic acids is 2. The third-order valence-corrected chi connectivity index (χ3v) is 2.75. The van der Waals surface area contributed by atoms with Crippen LogP contribution in [-0.2, 0) is 16.0 Å². The van der Waals surface area contributed by atoms with E-state index in [1.165, 1.54) is 5.56 Å². The lowest BCUT2D eigenvalue weighted by Gasteiger charge is -2.02. The number of nitrogens with two attached hydrogens (primary N) is 2. The Balaban J connectivity index is 0.000000433. The second-order valence-electron chi connectivity index (χ2n) is 4.68. The van der Waals surface area contributed by atoms with Crippen LogP contribution >= 0.6 is 0 Å². The van der Waals surface area contributed by atoms with Gasteiger partial charge in [0.15, 0.2) is 0 Å². The smallest absolute Gasteiger partial charge is 0.320 e. The van der Waals surface area contributed by atoms with E-state index in [0.29, 0.717) is 25.9 Å². The fourth-order valence-electron chi connectivity index (χ4n) is 1.53. The van der Waals surface area contributed by atoms with Crippen LogP contribution in [0.15, 0.2) is 30.3 Å². The van der Waals surface area contributed by atoms with Gasteiger partial charge in [-0.25, -0.2) is 0 Å². The molecule has 0 heterocycles. The van der Waals surface area contributed by atoms with Gasteiger partial charge in [-0.1, -0.05) is 30.3 Å². The van der Waals surface area contributed by atoms with Crippen molar-refractivity contribution in [2.45, 2.75) is 25.3 Å². The van der Waals surface area contributed by atoms with Crippen molar-refractivity contribution in [3.8, 4) is 0 Å². The number of carbonyl (C=O) groups is 2. The molecule has 0 fully saturated rings. The zero-order valence-electron chi connectivity index (χ0n) is 12.6. The number of rotatable bonds is 9. The number of carboxylic acid groups (broad SMARTS) is 2. The summed E-state index contributed by atoms with van der Waals surface area (Å²) < 4.78 is 0. The molecule has 0 amide bonds. The van der Waals surface area contributed by atoms with E-state index in [0.717, 1.165) is 6.42 Å². The van der Waals surface area contributed by atoms with E-state index in [-0.39, 0.29) is 6.54 Å². The lowest BCUT2D eigenvalue weighted by molar-refractivity contribution is -0.139.